The molecule has 0 radical (unpaired) electrons. The minimum Gasteiger partial charge on any atom is -0.382 e. The third-order valence-electron chi connectivity index (χ3n) is 3.35. The molecule has 104 valence electrons. The Morgan fingerprint density at radius 2 is 1.89 bits per heavy atom. The molecule has 0 unspecified atom stereocenters. The van der Waals surface area contributed by atoms with Crippen LogP contribution in [0.1, 0.15) is 12.8 Å². The van der Waals surface area contributed by atoms with Crippen LogP contribution in [-0.2, 0) is 23.7 Å². The molecule has 18 heavy (non-hydrogen) atoms. The summed E-state index contributed by atoms with van der Waals surface area (Å²) in [6.45, 7) is 3.75. The molecule has 0 N–H and O–H groups in total. The van der Waals surface area contributed by atoms with E-state index in [0.29, 0.717) is 39.5 Å². The second-order valence-corrected chi connectivity index (χ2v) is 4.53. The van der Waals surface area contributed by atoms with Gasteiger partial charge in [0.05, 0.1) is 26.4 Å². The largest absolute Gasteiger partial charge is 0.382 e. The van der Waals surface area contributed by atoms with E-state index in [0.717, 1.165) is 12.8 Å². The second-order valence-electron chi connectivity index (χ2n) is 4.53. The van der Waals surface area contributed by atoms with Gasteiger partial charge in [-0.3, -0.25) is 4.79 Å². The fourth-order valence-electron chi connectivity index (χ4n) is 2.28. The monoisotopic (exact) mass is 259 g/mol. The predicted molar refractivity (Wildman–Crippen MR) is 63.1 cm³/mol. The molecule has 2 aliphatic rings. The van der Waals surface area contributed by atoms with Crippen LogP contribution in [0.15, 0.2) is 0 Å². The number of hydrogen-bond acceptors (Lipinski definition) is 5. The van der Waals surface area contributed by atoms with Gasteiger partial charge in [0.2, 0.25) is 5.91 Å². The lowest BCUT2D eigenvalue weighted by Crippen LogP contribution is -2.48. The first-order valence-electron chi connectivity index (χ1n) is 6.38. The maximum atomic E-state index is 11.8. The Hall–Kier alpha value is -0.690. The third-order valence-corrected chi connectivity index (χ3v) is 3.35. The van der Waals surface area contributed by atoms with E-state index in [1.165, 1.54) is 0 Å². The van der Waals surface area contributed by atoms with Crippen molar-refractivity contribution < 1.29 is 23.7 Å². The number of piperidine rings is 1. The van der Waals surface area contributed by atoms with Crippen LogP contribution in [-0.4, -0.2) is 69.8 Å². The molecule has 2 saturated heterocycles. The molecule has 1 spiro atoms. The molecular weight excluding hydrogens is 238 g/mol. The van der Waals surface area contributed by atoms with Crippen molar-refractivity contribution in [3.8, 4) is 0 Å². The van der Waals surface area contributed by atoms with Gasteiger partial charge in [0.25, 0.3) is 0 Å². The van der Waals surface area contributed by atoms with Crippen LogP contribution in [0.2, 0.25) is 0 Å². The van der Waals surface area contributed by atoms with Crippen LogP contribution < -0.4 is 0 Å². The Morgan fingerprint density at radius 3 is 2.50 bits per heavy atom. The van der Waals surface area contributed by atoms with Gasteiger partial charge >= 0.3 is 0 Å². The lowest BCUT2D eigenvalue weighted by molar-refractivity contribution is -0.188. The number of nitrogens with zero attached hydrogens (tertiary/aromatic N) is 1. The summed E-state index contributed by atoms with van der Waals surface area (Å²) >= 11 is 0. The van der Waals surface area contributed by atoms with Gasteiger partial charge in [0.15, 0.2) is 5.79 Å². The van der Waals surface area contributed by atoms with E-state index in [-0.39, 0.29) is 12.5 Å². The average molecular weight is 259 g/mol. The molecule has 0 atom stereocenters. The molecule has 6 nitrogen and oxygen atoms in total. The molecule has 0 saturated carbocycles. The average Bonchev–Trinajstić information content (AvgIpc) is 2.84. The van der Waals surface area contributed by atoms with Gasteiger partial charge in [-0.05, 0) is 0 Å². The number of ether oxygens (including phenoxy) is 4. The molecule has 0 aromatic heterocycles. The first-order valence-corrected chi connectivity index (χ1v) is 6.38. The molecule has 0 aromatic rings. The molecule has 6 heteroatoms. The van der Waals surface area contributed by atoms with E-state index in [1.807, 2.05) is 4.90 Å². The Kier molecular flexibility index (Phi) is 4.94. The normalized spacial score (nSPS) is 22.6. The van der Waals surface area contributed by atoms with Crippen LogP contribution in [0.5, 0.6) is 0 Å². The first-order chi connectivity index (χ1) is 8.76. The maximum absolute atomic E-state index is 11.8. The zero-order chi connectivity index (χ0) is 12.8. The van der Waals surface area contributed by atoms with E-state index < -0.39 is 5.79 Å². The summed E-state index contributed by atoms with van der Waals surface area (Å²) in [6.07, 6.45) is 1.49. The van der Waals surface area contributed by atoms with Crippen LogP contribution in [0.25, 0.3) is 0 Å². The van der Waals surface area contributed by atoms with Crippen LogP contribution in [0.3, 0.4) is 0 Å². The number of carbonyl (C=O) groups excluding carboxylic acids is 1. The SMILES string of the molecule is COCCOCC(=O)N1CCC2(CC1)OCCO2. The van der Waals surface area contributed by atoms with Crippen LogP contribution in [0.4, 0.5) is 0 Å². The zero-order valence-electron chi connectivity index (χ0n) is 10.9. The molecule has 1 amide bonds. The van der Waals surface area contributed by atoms with Crippen molar-refractivity contribution in [3.05, 3.63) is 0 Å². The Bertz CT molecular complexity index is 268. The smallest absolute Gasteiger partial charge is 0.248 e. The highest BCUT2D eigenvalue weighted by atomic mass is 16.7. The molecule has 0 aromatic carbocycles. The van der Waals surface area contributed by atoms with E-state index in [2.05, 4.69) is 0 Å². The molecule has 2 aliphatic heterocycles. The Balaban J connectivity index is 1.67. The van der Waals surface area contributed by atoms with Gasteiger partial charge in [-0.2, -0.15) is 0 Å². The summed E-state index contributed by atoms with van der Waals surface area (Å²) in [5.41, 5.74) is 0. The molecular formula is C12H21NO5. The lowest BCUT2D eigenvalue weighted by Gasteiger charge is -2.37. The van der Waals surface area contributed by atoms with E-state index in [4.69, 9.17) is 18.9 Å². The minimum absolute atomic E-state index is 0.0268. The van der Waals surface area contributed by atoms with Crippen LogP contribution >= 0.6 is 0 Å². The molecule has 0 bridgehead atoms. The Morgan fingerprint density at radius 1 is 1.22 bits per heavy atom. The van der Waals surface area contributed by atoms with Gasteiger partial charge in [0.1, 0.15) is 6.61 Å². The highest BCUT2D eigenvalue weighted by Crippen LogP contribution is 2.31. The van der Waals surface area contributed by atoms with Crippen LogP contribution in [0, 0.1) is 0 Å². The van der Waals surface area contributed by atoms with Gasteiger partial charge in [-0.25, -0.2) is 0 Å². The summed E-state index contributed by atoms with van der Waals surface area (Å²) in [5.74, 6) is -0.396. The standard InChI is InChI=1S/C12H21NO5/c1-15-6-7-16-10-11(14)13-4-2-12(3-5-13)17-8-9-18-12/h2-10H2,1H3. The number of methoxy groups -OCH3 is 1. The van der Waals surface area contributed by atoms with Crippen molar-refractivity contribution >= 4 is 5.91 Å². The minimum atomic E-state index is -0.423. The summed E-state index contributed by atoms with van der Waals surface area (Å²) < 4.78 is 21.3. The van der Waals surface area contributed by atoms with E-state index in [1.54, 1.807) is 7.11 Å². The van der Waals surface area contributed by atoms with Crippen molar-refractivity contribution in [2.75, 3.05) is 53.2 Å². The van der Waals surface area contributed by atoms with Crippen molar-refractivity contribution in [3.63, 3.8) is 0 Å². The molecule has 2 rings (SSSR count). The molecule has 2 heterocycles. The summed E-state index contributed by atoms with van der Waals surface area (Å²) in [5, 5.41) is 0. The quantitative estimate of drug-likeness (QED) is 0.651. The van der Waals surface area contributed by atoms with Crippen molar-refractivity contribution in [1.82, 2.24) is 4.90 Å². The van der Waals surface area contributed by atoms with Gasteiger partial charge in [0, 0.05) is 33.0 Å². The van der Waals surface area contributed by atoms with Gasteiger partial charge < -0.3 is 23.8 Å². The summed E-state index contributed by atoms with van der Waals surface area (Å²) in [7, 11) is 1.61. The number of hydrogen-bond donors (Lipinski definition) is 0. The van der Waals surface area contributed by atoms with Gasteiger partial charge in [-0.1, -0.05) is 0 Å². The highest BCUT2D eigenvalue weighted by Gasteiger charge is 2.40. The Labute approximate surface area is 107 Å². The van der Waals surface area contributed by atoms with Crippen molar-refractivity contribution in [2.45, 2.75) is 18.6 Å². The zero-order valence-corrected chi connectivity index (χ0v) is 10.9. The number of likely N-dealkylation sites (tertiary alicyclic amines) is 1. The van der Waals surface area contributed by atoms with E-state index >= 15 is 0 Å². The summed E-state index contributed by atoms with van der Waals surface area (Å²) in [6, 6.07) is 0. The second kappa shape index (κ2) is 6.47. The highest BCUT2D eigenvalue weighted by molar-refractivity contribution is 5.77. The fraction of sp³-hybridized carbons (Fsp3) is 0.917. The number of amides is 1. The third kappa shape index (κ3) is 3.41. The topological polar surface area (TPSA) is 57.2 Å². The first kappa shape index (κ1) is 13.7. The predicted octanol–water partition coefficient (Wildman–Crippen LogP) is 0.0149. The number of carbonyl (C=O) groups is 1. The van der Waals surface area contributed by atoms with E-state index in [9.17, 15) is 4.79 Å². The molecule has 0 aliphatic carbocycles. The molecule has 2 fully saturated rings. The number of rotatable bonds is 5. The fourth-order valence-corrected chi connectivity index (χ4v) is 2.28. The maximum Gasteiger partial charge on any atom is 0.248 e. The lowest BCUT2D eigenvalue weighted by atomic mass is 10.0. The van der Waals surface area contributed by atoms with Gasteiger partial charge in [-0.15, -0.1) is 0 Å². The van der Waals surface area contributed by atoms with Crippen molar-refractivity contribution in [2.24, 2.45) is 0 Å². The summed E-state index contributed by atoms with van der Waals surface area (Å²) in [4.78, 5) is 13.7. The van der Waals surface area contributed by atoms with Crippen molar-refractivity contribution in [1.29, 1.82) is 0 Å².